The standard InChI is InChI=1S/C14H24O3/c1-10-4-5-14(8-16)6-11(10)12(17-9-14)13(2,3)7-15/h4,11-12,15-16H,5-9H2,1-3H3/t11-,12-,14-/m1/s1. The molecule has 1 aliphatic carbocycles. The number of aliphatic hydroxyl groups is 2. The molecular formula is C14H24O3. The van der Waals surface area contributed by atoms with Gasteiger partial charge in [0.05, 0.1) is 25.9 Å². The van der Waals surface area contributed by atoms with E-state index in [0.717, 1.165) is 12.8 Å². The van der Waals surface area contributed by atoms with Crippen molar-refractivity contribution in [3.8, 4) is 0 Å². The molecule has 3 nitrogen and oxygen atoms in total. The van der Waals surface area contributed by atoms with Crippen molar-refractivity contribution >= 4 is 0 Å². The molecule has 2 rings (SSSR count). The van der Waals surface area contributed by atoms with E-state index >= 15 is 0 Å². The number of allylic oxidation sites excluding steroid dienone is 1. The maximum Gasteiger partial charge on any atom is 0.0713 e. The van der Waals surface area contributed by atoms with Gasteiger partial charge >= 0.3 is 0 Å². The zero-order valence-corrected chi connectivity index (χ0v) is 11.1. The summed E-state index contributed by atoms with van der Waals surface area (Å²) in [6.07, 6.45) is 4.20. The summed E-state index contributed by atoms with van der Waals surface area (Å²) in [5.41, 5.74) is 1.05. The van der Waals surface area contributed by atoms with Crippen LogP contribution in [0.15, 0.2) is 11.6 Å². The van der Waals surface area contributed by atoms with Crippen LogP contribution >= 0.6 is 0 Å². The van der Waals surface area contributed by atoms with E-state index in [4.69, 9.17) is 4.74 Å². The van der Waals surface area contributed by atoms with Gasteiger partial charge in [-0.05, 0) is 19.8 Å². The van der Waals surface area contributed by atoms with Gasteiger partial charge in [0.15, 0.2) is 0 Å². The van der Waals surface area contributed by atoms with E-state index in [1.54, 1.807) is 0 Å². The van der Waals surface area contributed by atoms with Gasteiger partial charge < -0.3 is 14.9 Å². The normalized spacial score (nSPS) is 37.8. The number of fused-ring (bicyclic) bond motifs is 2. The Kier molecular flexibility index (Phi) is 3.36. The van der Waals surface area contributed by atoms with Crippen LogP contribution in [0.1, 0.15) is 33.6 Å². The van der Waals surface area contributed by atoms with Gasteiger partial charge in [0.1, 0.15) is 0 Å². The molecule has 98 valence electrons. The Balaban J connectivity index is 2.26. The average molecular weight is 240 g/mol. The quantitative estimate of drug-likeness (QED) is 0.739. The van der Waals surface area contributed by atoms with Crippen molar-refractivity contribution in [1.29, 1.82) is 0 Å². The minimum atomic E-state index is -0.223. The van der Waals surface area contributed by atoms with Crippen LogP contribution in [0.2, 0.25) is 0 Å². The van der Waals surface area contributed by atoms with E-state index in [1.807, 2.05) is 13.8 Å². The van der Waals surface area contributed by atoms with Gasteiger partial charge in [-0.1, -0.05) is 25.5 Å². The summed E-state index contributed by atoms with van der Waals surface area (Å²) in [5.74, 6) is 0.340. The molecule has 1 saturated heterocycles. The Morgan fingerprint density at radius 1 is 1.47 bits per heavy atom. The number of aliphatic hydroxyl groups excluding tert-OH is 2. The minimum Gasteiger partial charge on any atom is -0.396 e. The molecule has 1 fully saturated rings. The molecule has 0 aromatic heterocycles. The SMILES string of the molecule is CC1=CC[C@@]2(CO)CO[C@@H](C(C)(C)CO)[C@@H]1C2. The highest BCUT2D eigenvalue weighted by atomic mass is 16.5. The third-order valence-electron chi connectivity index (χ3n) is 4.54. The summed E-state index contributed by atoms with van der Waals surface area (Å²) in [7, 11) is 0. The van der Waals surface area contributed by atoms with Gasteiger partial charge in [-0.25, -0.2) is 0 Å². The molecule has 17 heavy (non-hydrogen) atoms. The predicted molar refractivity (Wildman–Crippen MR) is 66.6 cm³/mol. The second-order valence-electron chi connectivity index (χ2n) is 6.50. The molecule has 2 aliphatic rings. The number of rotatable bonds is 3. The largest absolute Gasteiger partial charge is 0.396 e. The molecule has 0 radical (unpaired) electrons. The molecule has 0 unspecified atom stereocenters. The molecule has 1 aliphatic heterocycles. The van der Waals surface area contributed by atoms with Gasteiger partial charge in [0.2, 0.25) is 0 Å². The van der Waals surface area contributed by atoms with E-state index < -0.39 is 0 Å². The molecule has 2 N–H and O–H groups in total. The maximum atomic E-state index is 9.57. The lowest BCUT2D eigenvalue weighted by Crippen LogP contribution is -2.52. The Morgan fingerprint density at radius 2 is 2.18 bits per heavy atom. The van der Waals surface area contributed by atoms with Crippen LogP contribution < -0.4 is 0 Å². The van der Waals surface area contributed by atoms with Crippen LogP contribution in [0.4, 0.5) is 0 Å². The fourth-order valence-electron chi connectivity index (χ4n) is 3.12. The average Bonchev–Trinajstić information content (AvgIpc) is 2.34. The first-order chi connectivity index (χ1) is 7.94. The van der Waals surface area contributed by atoms with Crippen LogP contribution in [0.3, 0.4) is 0 Å². The summed E-state index contributed by atoms with van der Waals surface area (Å²) >= 11 is 0. The topological polar surface area (TPSA) is 49.7 Å². The molecule has 1 heterocycles. The molecule has 3 atom stereocenters. The van der Waals surface area contributed by atoms with Gasteiger partial charge in [-0.3, -0.25) is 0 Å². The van der Waals surface area contributed by atoms with Crippen LogP contribution in [0, 0.1) is 16.7 Å². The van der Waals surface area contributed by atoms with Crippen LogP contribution in [0.5, 0.6) is 0 Å². The van der Waals surface area contributed by atoms with E-state index in [2.05, 4.69) is 13.0 Å². The van der Waals surface area contributed by atoms with Crippen molar-refractivity contribution in [2.24, 2.45) is 16.7 Å². The Morgan fingerprint density at radius 3 is 2.76 bits per heavy atom. The summed E-state index contributed by atoms with van der Waals surface area (Å²) in [6.45, 7) is 7.17. The zero-order valence-electron chi connectivity index (χ0n) is 11.1. The van der Waals surface area contributed by atoms with Crippen molar-refractivity contribution in [3.05, 3.63) is 11.6 Å². The van der Waals surface area contributed by atoms with Crippen LogP contribution in [-0.4, -0.2) is 36.1 Å². The van der Waals surface area contributed by atoms with E-state index in [-0.39, 0.29) is 30.1 Å². The van der Waals surface area contributed by atoms with Gasteiger partial charge in [-0.15, -0.1) is 0 Å². The summed E-state index contributed by atoms with van der Waals surface area (Å²) in [6, 6.07) is 0. The monoisotopic (exact) mass is 240 g/mol. The van der Waals surface area contributed by atoms with Crippen molar-refractivity contribution in [1.82, 2.24) is 0 Å². The lowest BCUT2D eigenvalue weighted by Gasteiger charge is -2.51. The number of hydrogen-bond donors (Lipinski definition) is 2. The summed E-state index contributed by atoms with van der Waals surface area (Å²) < 4.78 is 6.00. The van der Waals surface area contributed by atoms with Crippen molar-refractivity contribution in [2.75, 3.05) is 19.8 Å². The van der Waals surface area contributed by atoms with E-state index in [0.29, 0.717) is 12.5 Å². The maximum absolute atomic E-state index is 9.57. The molecule has 3 heteroatoms. The molecule has 0 aromatic rings. The number of hydrogen-bond acceptors (Lipinski definition) is 3. The lowest BCUT2D eigenvalue weighted by atomic mass is 9.63. The highest BCUT2D eigenvalue weighted by molar-refractivity contribution is 5.17. The third-order valence-corrected chi connectivity index (χ3v) is 4.54. The molecular weight excluding hydrogens is 216 g/mol. The number of ether oxygens (including phenoxy) is 1. The first-order valence-corrected chi connectivity index (χ1v) is 6.44. The fraction of sp³-hybridized carbons (Fsp3) is 0.857. The van der Waals surface area contributed by atoms with E-state index in [1.165, 1.54) is 5.57 Å². The Bertz CT molecular complexity index is 321. The first-order valence-electron chi connectivity index (χ1n) is 6.44. The summed E-state index contributed by atoms with van der Waals surface area (Å²) in [4.78, 5) is 0. The Hall–Kier alpha value is -0.380. The second kappa shape index (κ2) is 4.38. The molecule has 0 amide bonds. The van der Waals surface area contributed by atoms with Crippen LogP contribution in [0.25, 0.3) is 0 Å². The minimum absolute atomic E-state index is 0.0590. The summed E-state index contributed by atoms with van der Waals surface area (Å²) in [5, 5.41) is 19.1. The van der Waals surface area contributed by atoms with Crippen LogP contribution in [-0.2, 0) is 4.74 Å². The van der Waals surface area contributed by atoms with Gasteiger partial charge in [0.25, 0.3) is 0 Å². The molecule has 0 saturated carbocycles. The van der Waals surface area contributed by atoms with Crippen molar-refractivity contribution in [3.63, 3.8) is 0 Å². The van der Waals surface area contributed by atoms with Crippen molar-refractivity contribution in [2.45, 2.75) is 39.7 Å². The lowest BCUT2D eigenvalue weighted by molar-refractivity contribution is -0.158. The van der Waals surface area contributed by atoms with E-state index in [9.17, 15) is 10.2 Å². The Labute approximate surface area is 103 Å². The molecule has 0 spiro atoms. The third kappa shape index (κ3) is 2.16. The van der Waals surface area contributed by atoms with Crippen molar-refractivity contribution < 1.29 is 14.9 Å². The first kappa shape index (κ1) is 13.1. The fourth-order valence-corrected chi connectivity index (χ4v) is 3.12. The predicted octanol–water partition coefficient (Wildman–Crippen LogP) is 1.74. The van der Waals surface area contributed by atoms with Gasteiger partial charge in [-0.2, -0.15) is 0 Å². The second-order valence-corrected chi connectivity index (χ2v) is 6.50. The smallest absolute Gasteiger partial charge is 0.0713 e. The highest BCUT2D eigenvalue weighted by Gasteiger charge is 2.48. The molecule has 2 bridgehead atoms. The zero-order chi connectivity index (χ0) is 12.7. The highest BCUT2D eigenvalue weighted by Crippen LogP contribution is 2.48. The van der Waals surface area contributed by atoms with Gasteiger partial charge in [0, 0.05) is 16.7 Å². The molecule has 0 aromatic carbocycles.